The van der Waals surface area contributed by atoms with Crippen LogP contribution in [0.15, 0.2) is 30.5 Å². The summed E-state index contributed by atoms with van der Waals surface area (Å²) >= 11 is 6.07. The predicted molar refractivity (Wildman–Crippen MR) is 74.1 cm³/mol. The topological polar surface area (TPSA) is 90.9 Å². The molecule has 0 aliphatic carbocycles. The molecule has 0 spiro atoms. The number of hydrogen-bond donors (Lipinski definition) is 2. The second-order valence-electron chi connectivity index (χ2n) is 3.73. The molecule has 7 heteroatoms. The number of nitrogen functional groups attached to an aromatic ring is 1. The van der Waals surface area contributed by atoms with E-state index >= 15 is 0 Å². The van der Waals surface area contributed by atoms with Gasteiger partial charge in [0.15, 0.2) is 5.82 Å². The van der Waals surface area contributed by atoms with E-state index in [0.717, 1.165) is 5.69 Å². The number of nitrogens with two attached hydrogens (primary N) is 1. The van der Waals surface area contributed by atoms with E-state index in [1.54, 1.807) is 30.1 Å². The zero-order chi connectivity index (χ0) is 13.8. The standard InChI is InChI=1S/C12H11ClN6/c1-19(9-4-2-3-8(5-9)6-14)11-10(13)7-16-12(17-11)18-15/h2-5,7H,15H2,1H3,(H,16,17,18). The normalized spacial score (nSPS) is 9.79. The molecule has 1 aromatic carbocycles. The van der Waals surface area contributed by atoms with Gasteiger partial charge in [0.25, 0.3) is 0 Å². The number of halogens is 1. The fourth-order valence-corrected chi connectivity index (χ4v) is 1.79. The Morgan fingerprint density at radius 1 is 1.47 bits per heavy atom. The molecule has 1 heterocycles. The Hall–Kier alpha value is -2.36. The number of aromatic nitrogens is 2. The summed E-state index contributed by atoms with van der Waals surface area (Å²) in [5, 5.41) is 9.30. The zero-order valence-electron chi connectivity index (χ0n) is 10.1. The number of anilines is 3. The molecule has 0 saturated carbocycles. The number of hydrogen-bond acceptors (Lipinski definition) is 6. The smallest absolute Gasteiger partial charge is 0.239 e. The van der Waals surface area contributed by atoms with Crippen molar-refractivity contribution in [3.63, 3.8) is 0 Å². The second-order valence-corrected chi connectivity index (χ2v) is 4.14. The Bertz CT molecular complexity index is 636. The van der Waals surface area contributed by atoms with Crippen molar-refractivity contribution in [3.05, 3.63) is 41.0 Å². The molecule has 96 valence electrons. The van der Waals surface area contributed by atoms with Crippen molar-refractivity contribution in [3.8, 4) is 6.07 Å². The summed E-state index contributed by atoms with van der Waals surface area (Å²) in [4.78, 5) is 9.85. The van der Waals surface area contributed by atoms with Gasteiger partial charge in [-0.05, 0) is 18.2 Å². The molecule has 2 aromatic rings. The van der Waals surface area contributed by atoms with E-state index in [4.69, 9.17) is 22.7 Å². The summed E-state index contributed by atoms with van der Waals surface area (Å²) in [5.74, 6) is 6.04. The Morgan fingerprint density at radius 3 is 2.95 bits per heavy atom. The predicted octanol–water partition coefficient (Wildman–Crippen LogP) is 2.06. The minimum atomic E-state index is 0.266. The van der Waals surface area contributed by atoms with Crippen molar-refractivity contribution in [2.24, 2.45) is 5.84 Å². The van der Waals surface area contributed by atoms with Gasteiger partial charge in [0.2, 0.25) is 5.95 Å². The van der Waals surface area contributed by atoms with Gasteiger partial charge < -0.3 is 4.90 Å². The lowest BCUT2D eigenvalue weighted by atomic mass is 10.2. The third kappa shape index (κ3) is 2.73. The van der Waals surface area contributed by atoms with Gasteiger partial charge in [0, 0.05) is 12.7 Å². The summed E-state index contributed by atoms with van der Waals surface area (Å²) in [6, 6.07) is 9.21. The molecular weight excluding hydrogens is 264 g/mol. The summed E-state index contributed by atoms with van der Waals surface area (Å²) in [7, 11) is 1.80. The number of rotatable bonds is 3. The molecule has 2 rings (SSSR count). The fourth-order valence-electron chi connectivity index (χ4n) is 1.57. The first kappa shape index (κ1) is 13.1. The fraction of sp³-hybridized carbons (Fsp3) is 0.0833. The first-order valence-corrected chi connectivity index (χ1v) is 5.76. The van der Waals surface area contributed by atoms with Crippen molar-refractivity contribution in [2.45, 2.75) is 0 Å². The number of benzene rings is 1. The Kier molecular flexibility index (Phi) is 3.80. The van der Waals surface area contributed by atoms with Crippen molar-refractivity contribution in [1.29, 1.82) is 5.26 Å². The number of nitriles is 1. The third-order valence-corrected chi connectivity index (χ3v) is 2.80. The van der Waals surface area contributed by atoms with E-state index in [1.165, 1.54) is 6.20 Å². The minimum absolute atomic E-state index is 0.266. The van der Waals surface area contributed by atoms with Gasteiger partial charge >= 0.3 is 0 Å². The van der Waals surface area contributed by atoms with E-state index < -0.39 is 0 Å². The molecule has 0 radical (unpaired) electrons. The lowest BCUT2D eigenvalue weighted by molar-refractivity contribution is 1.06. The van der Waals surface area contributed by atoms with E-state index in [0.29, 0.717) is 16.4 Å². The second kappa shape index (κ2) is 5.52. The van der Waals surface area contributed by atoms with Crippen LogP contribution < -0.4 is 16.2 Å². The number of hydrazine groups is 1. The lowest BCUT2D eigenvalue weighted by Crippen LogP contribution is -2.16. The summed E-state index contributed by atoms with van der Waals surface area (Å²) in [6.45, 7) is 0. The number of nitrogens with one attached hydrogen (secondary N) is 1. The Morgan fingerprint density at radius 2 is 2.26 bits per heavy atom. The van der Waals surface area contributed by atoms with E-state index in [1.807, 2.05) is 6.07 Å². The van der Waals surface area contributed by atoms with Gasteiger partial charge in [-0.15, -0.1) is 0 Å². The third-order valence-electron chi connectivity index (χ3n) is 2.53. The van der Waals surface area contributed by atoms with Crippen LogP contribution in [0.5, 0.6) is 0 Å². The highest BCUT2D eigenvalue weighted by Crippen LogP contribution is 2.29. The van der Waals surface area contributed by atoms with Crippen molar-refractivity contribution in [2.75, 3.05) is 17.4 Å². The maximum absolute atomic E-state index is 8.90. The molecule has 0 saturated heterocycles. The molecule has 0 bridgehead atoms. The first-order valence-electron chi connectivity index (χ1n) is 5.38. The van der Waals surface area contributed by atoms with Crippen molar-refractivity contribution >= 4 is 29.1 Å². The minimum Gasteiger partial charge on any atom is -0.328 e. The quantitative estimate of drug-likeness (QED) is 0.657. The molecule has 3 N–H and O–H groups in total. The van der Waals surface area contributed by atoms with Crippen LogP contribution in [-0.4, -0.2) is 17.0 Å². The molecule has 0 aliphatic rings. The highest BCUT2D eigenvalue weighted by molar-refractivity contribution is 6.33. The number of nitrogens with zero attached hydrogens (tertiary/aromatic N) is 4. The van der Waals surface area contributed by atoms with Crippen LogP contribution in [0, 0.1) is 11.3 Å². The average molecular weight is 275 g/mol. The SMILES string of the molecule is CN(c1cccc(C#N)c1)c1nc(NN)ncc1Cl. The van der Waals surface area contributed by atoms with Gasteiger partial charge in [-0.1, -0.05) is 17.7 Å². The van der Waals surface area contributed by atoms with Crippen LogP contribution in [0.1, 0.15) is 5.56 Å². The first-order chi connectivity index (χ1) is 9.15. The van der Waals surface area contributed by atoms with Crippen molar-refractivity contribution in [1.82, 2.24) is 9.97 Å². The zero-order valence-corrected chi connectivity index (χ0v) is 10.9. The molecule has 19 heavy (non-hydrogen) atoms. The van der Waals surface area contributed by atoms with Crippen LogP contribution in [-0.2, 0) is 0 Å². The van der Waals surface area contributed by atoms with E-state index in [-0.39, 0.29) is 5.95 Å². The summed E-state index contributed by atoms with van der Waals surface area (Å²) < 4.78 is 0. The van der Waals surface area contributed by atoms with Crippen LogP contribution in [0.4, 0.5) is 17.5 Å². The highest BCUT2D eigenvalue weighted by Gasteiger charge is 2.12. The monoisotopic (exact) mass is 274 g/mol. The van der Waals surface area contributed by atoms with Gasteiger partial charge in [-0.3, -0.25) is 5.43 Å². The van der Waals surface area contributed by atoms with Crippen LogP contribution in [0.2, 0.25) is 5.02 Å². The van der Waals surface area contributed by atoms with Crippen LogP contribution in [0.3, 0.4) is 0 Å². The lowest BCUT2D eigenvalue weighted by Gasteiger charge is -2.19. The van der Waals surface area contributed by atoms with Crippen LogP contribution in [0.25, 0.3) is 0 Å². The Labute approximate surface area is 115 Å². The molecule has 6 nitrogen and oxygen atoms in total. The summed E-state index contributed by atoms with van der Waals surface area (Å²) in [5.41, 5.74) is 3.72. The highest BCUT2D eigenvalue weighted by atomic mass is 35.5. The van der Waals surface area contributed by atoms with E-state index in [2.05, 4.69) is 21.5 Å². The van der Waals surface area contributed by atoms with Crippen LogP contribution >= 0.6 is 11.6 Å². The maximum Gasteiger partial charge on any atom is 0.239 e. The van der Waals surface area contributed by atoms with Gasteiger partial charge in [0.1, 0.15) is 5.02 Å². The van der Waals surface area contributed by atoms with Gasteiger partial charge in [0.05, 0.1) is 17.8 Å². The molecule has 0 aliphatic heterocycles. The molecular formula is C12H11ClN6. The maximum atomic E-state index is 8.90. The molecule has 0 unspecified atom stereocenters. The molecule has 1 aromatic heterocycles. The largest absolute Gasteiger partial charge is 0.328 e. The van der Waals surface area contributed by atoms with E-state index in [9.17, 15) is 0 Å². The average Bonchev–Trinajstić information content (AvgIpc) is 2.47. The molecule has 0 fully saturated rings. The van der Waals surface area contributed by atoms with Gasteiger partial charge in [-0.25, -0.2) is 10.8 Å². The summed E-state index contributed by atoms with van der Waals surface area (Å²) in [6.07, 6.45) is 1.46. The van der Waals surface area contributed by atoms with Crippen molar-refractivity contribution < 1.29 is 0 Å². The molecule has 0 atom stereocenters. The van der Waals surface area contributed by atoms with Gasteiger partial charge in [-0.2, -0.15) is 10.2 Å². The molecule has 0 amide bonds. The Balaban J connectivity index is 2.43.